The molecule has 3 aromatic rings. The second kappa shape index (κ2) is 5.74. The lowest BCUT2D eigenvalue weighted by Crippen LogP contribution is -2.10. The highest BCUT2D eigenvalue weighted by Gasteiger charge is 2.12. The molecule has 1 N–H and O–H groups in total. The molecule has 3 nitrogen and oxygen atoms in total. The second-order valence-corrected chi connectivity index (χ2v) is 4.97. The van der Waals surface area contributed by atoms with Gasteiger partial charge < -0.3 is 4.98 Å². The van der Waals surface area contributed by atoms with Crippen molar-refractivity contribution in [3.8, 4) is 11.1 Å². The minimum Gasteiger partial charge on any atom is -0.309 e. The topological polar surface area (TPSA) is 45.8 Å². The fraction of sp³-hybridized carbons (Fsp3) is 0.0769. The third kappa shape index (κ3) is 2.52. The molecule has 19 heavy (non-hydrogen) atoms. The minimum atomic E-state index is -0.129. The summed E-state index contributed by atoms with van der Waals surface area (Å²) in [5.41, 5.74) is 1.82. The van der Waals surface area contributed by atoms with Crippen LogP contribution in [0.3, 0.4) is 0 Å². The zero-order chi connectivity index (χ0) is 12.5. The third-order valence-electron chi connectivity index (χ3n) is 2.70. The number of alkyl halides is 1. The fourth-order valence-corrected chi connectivity index (χ4v) is 2.98. The largest absolute Gasteiger partial charge is 0.309 e. The molecule has 3 rings (SSSR count). The number of hydrogen-bond acceptors (Lipinski definition) is 3. The fourth-order valence-electron chi connectivity index (χ4n) is 1.89. The van der Waals surface area contributed by atoms with Crippen LogP contribution in [0.4, 0.5) is 0 Å². The number of nitrogens with one attached hydrogen (secondary N) is 1. The number of H-pyrrole nitrogens is 1. The van der Waals surface area contributed by atoms with Crippen LogP contribution in [-0.2, 0) is 5.88 Å². The average molecular weight is 313 g/mol. The van der Waals surface area contributed by atoms with Gasteiger partial charge in [0, 0.05) is 10.9 Å². The van der Waals surface area contributed by atoms with Crippen molar-refractivity contribution in [3.05, 3.63) is 51.9 Å². The number of aromatic amines is 1. The van der Waals surface area contributed by atoms with Crippen LogP contribution in [-0.4, -0.2) is 9.97 Å². The van der Waals surface area contributed by atoms with Crippen LogP contribution in [0.25, 0.3) is 21.3 Å². The molecule has 0 saturated heterocycles. The number of benzene rings is 1. The van der Waals surface area contributed by atoms with Crippen molar-refractivity contribution in [1.82, 2.24) is 9.97 Å². The molecule has 2 heterocycles. The first kappa shape index (κ1) is 14.1. The number of thiophene rings is 1. The highest BCUT2D eigenvalue weighted by molar-refractivity contribution is 7.17. The minimum absolute atomic E-state index is 0. The lowest BCUT2D eigenvalue weighted by Gasteiger charge is -1.99. The first-order valence-corrected chi connectivity index (χ1v) is 6.83. The van der Waals surface area contributed by atoms with Gasteiger partial charge >= 0.3 is 0 Å². The first-order chi connectivity index (χ1) is 8.79. The summed E-state index contributed by atoms with van der Waals surface area (Å²) in [6.45, 7) is 0. The van der Waals surface area contributed by atoms with E-state index in [1.807, 2.05) is 35.7 Å². The molecule has 98 valence electrons. The van der Waals surface area contributed by atoms with Crippen molar-refractivity contribution in [1.29, 1.82) is 0 Å². The molecule has 0 fully saturated rings. The highest BCUT2D eigenvalue weighted by atomic mass is 35.5. The van der Waals surface area contributed by atoms with E-state index in [-0.39, 0.29) is 23.8 Å². The maximum atomic E-state index is 12.1. The summed E-state index contributed by atoms with van der Waals surface area (Å²) in [6.07, 6.45) is 0. The number of hydrogen-bond donors (Lipinski definition) is 1. The smallest absolute Gasteiger partial charge is 0.260 e. The number of fused-ring (bicyclic) bond motifs is 1. The maximum absolute atomic E-state index is 12.1. The predicted molar refractivity (Wildman–Crippen MR) is 82.5 cm³/mol. The normalized spacial score (nSPS) is 10.4. The van der Waals surface area contributed by atoms with E-state index < -0.39 is 0 Å². The van der Waals surface area contributed by atoms with Gasteiger partial charge in [-0.2, -0.15) is 0 Å². The van der Waals surface area contributed by atoms with E-state index in [2.05, 4.69) is 9.97 Å². The van der Waals surface area contributed by atoms with E-state index in [9.17, 15) is 4.79 Å². The van der Waals surface area contributed by atoms with Crippen molar-refractivity contribution in [3.63, 3.8) is 0 Å². The molecule has 0 amide bonds. The van der Waals surface area contributed by atoms with Gasteiger partial charge in [0.2, 0.25) is 0 Å². The van der Waals surface area contributed by atoms with Crippen molar-refractivity contribution in [2.75, 3.05) is 0 Å². The molecular weight excluding hydrogens is 303 g/mol. The highest BCUT2D eigenvalue weighted by Crippen LogP contribution is 2.30. The Kier molecular flexibility index (Phi) is 4.24. The Balaban J connectivity index is 0.00000133. The zero-order valence-electron chi connectivity index (χ0n) is 9.72. The van der Waals surface area contributed by atoms with Crippen LogP contribution < -0.4 is 5.56 Å². The summed E-state index contributed by atoms with van der Waals surface area (Å²) in [5.74, 6) is 0.722. The molecule has 0 unspecified atom stereocenters. The number of aromatic nitrogens is 2. The van der Waals surface area contributed by atoms with Crippen LogP contribution in [0.1, 0.15) is 5.82 Å². The van der Waals surface area contributed by atoms with Gasteiger partial charge in [0.15, 0.2) is 0 Å². The van der Waals surface area contributed by atoms with Crippen LogP contribution in [0.15, 0.2) is 40.5 Å². The lowest BCUT2D eigenvalue weighted by molar-refractivity contribution is 1.04. The van der Waals surface area contributed by atoms with Gasteiger partial charge in [0.25, 0.3) is 5.56 Å². The summed E-state index contributed by atoms with van der Waals surface area (Å²) in [6, 6.07) is 9.82. The molecule has 0 spiro atoms. The Hall–Kier alpha value is -1.36. The molecule has 1 aromatic carbocycles. The molecule has 6 heteroatoms. The van der Waals surface area contributed by atoms with Crippen molar-refractivity contribution < 1.29 is 0 Å². The molecule has 0 aliphatic carbocycles. The Labute approximate surface area is 124 Å². The molecule has 0 atom stereocenters. The Morgan fingerprint density at radius 1 is 1.26 bits per heavy atom. The maximum Gasteiger partial charge on any atom is 0.260 e. The molecule has 2 aromatic heterocycles. The van der Waals surface area contributed by atoms with Gasteiger partial charge in [-0.25, -0.2) is 4.98 Å². The summed E-state index contributed by atoms with van der Waals surface area (Å²) >= 11 is 7.16. The average Bonchev–Trinajstić information content (AvgIpc) is 2.84. The third-order valence-corrected chi connectivity index (χ3v) is 3.83. The van der Waals surface area contributed by atoms with Crippen LogP contribution in [0, 0.1) is 0 Å². The second-order valence-electron chi connectivity index (χ2n) is 3.84. The van der Waals surface area contributed by atoms with Crippen LogP contribution in [0.5, 0.6) is 0 Å². The van der Waals surface area contributed by atoms with E-state index in [0.29, 0.717) is 11.2 Å². The zero-order valence-corrected chi connectivity index (χ0v) is 12.1. The SMILES string of the molecule is Cl.O=c1[nH]c(CCl)nc2scc(-c3ccccc3)c12. The van der Waals surface area contributed by atoms with Gasteiger partial charge in [0.1, 0.15) is 10.7 Å². The summed E-state index contributed by atoms with van der Waals surface area (Å²) < 4.78 is 0. The molecule has 0 radical (unpaired) electrons. The van der Waals surface area contributed by atoms with Crippen molar-refractivity contribution in [2.45, 2.75) is 5.88 Å². The molecular formula is C13H10Cl2N2OS. The number of rotatable bonds is 2. The van der Waals surface area contributed by atoms with Crippen molar-refractivity contribution >= 4 is 45.6 Å². The van der Waals surface area contributed by atoms with E-state index in [4.69, 9.17) is 11.6 Å². The quantitative estimate of drug-likeness (QED) is 0.731. The predicted octanol–water partition coefficient (Wildman–Crippen LogP) is 3.81. The van der Waals surface area contributed by atoms with Gasteiger partial charge in [-0.05, 0) is 5.56 Å². The standard InChI is InChI=1S/C13H9ClN2OS.ClH/c14-6-10-15-12(17)11-9(7-18-13(11)16-10)8-4-2-1-3-5-8;/h1-5,7H,6H2,(H,15,16,17);1H. The molecule has 0 bridgehead atoms. The van der Waals surface area contributed by atoms with Crippen LogP contribution in [0.2, 0.25) is 0 Å². The van der Waals surface area contributed by atoms with E-state index in [0.717, 1.165) is 16.0 Å². The molecule has 0 saturated carbocycles. The van der Waals surface area contributed by atoms with Gasteiger partial charge in [0.05, 0.1) is 11.3 Å². The molecule has 0 aliphatic heterocycles. The van der Waals surface area contributed by atoms with Gasteiger partial charge in [-0.1, -0.05) is 30.3 Å². The summed E-state index contributed by atoms with van der Waals surface area (Å²) in [7, 11) is 0. The summed E-state index contributed by atoms with van der Waals surface area (Å²) in [5, 5.41) is 2.60. The van der Waals surface area contributed by atoms with Crippen molar-refractivity contribution in [2.24, 2.45) is 0 Å². The van der Waals surface area contributed by atoms with Crippen LogP contribution >= 0.6 is 35.3 Å². The lowest BCUT2D eigenvalue weighted by atomic mass is 10.1. The van der Waals surface area contributed by atoms with Gasteiger partial charge in [-0.15, -0.1) is 35.3 Å². The summed E-state index contributed by atoms with van der Waals surface area (Å²) in [4.78, 5) is 19.8. The number of halogens is 2. The van der Waals surface area contributed by atoms with E-state index in [1.165, 1.54) is 11.3 Å². The monoisotopic (exact) mass is 312 g/mol. The van der Waals surface area contributed by atoms with E-state index in [1.54, 1.807) is 0 Å². The Morgan fingerprint density at radius 3 is 2.68 bits per heavy atom. The van der Waals surface area contributed by atoms with E-state index >= 15 is 0 Å². The molecule has 0 aliphatic rings. The Morgan fingerprint density at radius 2 is 2.00 bits per heavy atom. The first-order valence-electron chi connectivity index (χ1n) is 5.41. The number of nitrogens with zero attached hydrogens (tertiary/aromatic N) is 1. The Bertz CT molecular complexity index is 752. The van der Waals surface area contributed by atoms with Gasteiger partial charge in [-0.3, -0.25) is 4.79 Å².